The van der Waals surface area contributed by atoms with Crippen LogP contribution < -0.4 is 10.4 Å². The van der Waals surface area contributed by atoms with Crippen molar-refractivity contribution in [3.63, 3.8) is 0 Å². The highest BCUT2D eigenvalue weighted by molar-refractivity contribution is 6.99. The summed E-state index contributed by atoms with van der Waals surface area (Å²) in [4.78, 5) is 31.6. The highest BCUT2D eigenvalue weighted by atomic mass is 28.4. The van der Waals surface area contributed by atoms with Gasteiger partial charge in [-0.25, -0.2) is 9.79 Å². The number of carbonyl (C=O) groups excluding carboxylic acids is 2. The van der Waals surface area contributed by atoms with Crippen molar-refractivity contribution in [1.82, 2.24) is 0 Å². The van der Waals surface area contributed by atoms with Crippen molar-refractivity contribution in [3.05, 3.63) is 96.6 Å². The minimum atomic E-state index is -2.85. The van der Waals surface area contributed by atoms with E-state index in [0.717, 1.165) is 15.9 Å². The first-order valence-electron chi connectivity index (χ1n) is 14.9. The zero-order valence-corrected chi connectivity index (χ0v) is 27.0. The van der Waals surface area contributed by atoms with Crippen LogP contribution in [0, 0.1) is 5.92 Å². The normalized spacial score (nSPS) is 19.2. The van der Waals surface area contributed by atoms with Crippen LogP contribution in [0.25, 0.3) is 0 Å². The number of aliphatic imine (C=N–C) groups is 1. The first-order valence-corrected chi connectivity index (χ1v) is 16.8. The molecule has 3 aromatic rings. The van der Waals surface area contributed by atoms with E-state index in [2.05, 4.69) is 45.0 Å². The van der Waals surface area contributed by atoms with Crippen molar-refractivity contribution in [3.8, 4) is 0 Å². The number of nitrogens with zero attached hydrogens (tertiary/aromatic N) is 1. The molecule has 0 bridgehead atoms. The molecule has 0 spiro atoms. The van der Waals surface area contributed by atoms with E-state index in [1.165, 1.54) is 7.11 Å². The minimum Gasteiger partial charge on any atom is -0.471 e. The van der Waals surface area contributed by atoms with Crippen molar-refractivity contribution < 1.29 is 28.2 Å². The lowest BCUT2D eigenvalue weighted by Gasteiger charge is -2.43. The molecule has 4 rings (SSSR count). The number of hydrogen-bond acceptors (Lipinski definition) is 7. The zero-order chi connectivity index (χ0) is 31.1. The molecule has 1 heterocycles. The number of carbonyl (C=O) groups is 2. The standard InChI is InChI=1S/C35H43NO6Si/c1-7-40-31(37)25-28(35(33(38)39-6)26(2)42-32(36-35)27-17-11-8-12-18-27)23-24-41-43(34(3,4)5,29-19-13-9-14-20-29)30-21-15-10-16-22-30/h8-22,26,28H,7,23-25H2,1-6H3/t26-,28-,35+/m0/s1. The Bertz CT molecular complexity index is 1350. The third-order valence-corrected chi connectivity index (χ3v) is 13.3. The van der Waals surface area contributed by atoms with E-state index in [0.29, 0.717) is 18.9 Å². The third kappa shape index (κ3) is 6.45. The molecule has 0 aromatic heterocycles. The van der Waals surface area contributed by atoms with E-state index in [1.54, 1.807) is 13.8 Å². The van der Waals surface area contributed by atoms with Gasteiger partial charge in [0.15, 0.2) is 0 Å². The Labute approximate surface area is 256 Å². The first-order chi connectivity index (χ1) is 20.6. The predicted molar refractivity (Wildman–Crippen MR) is 171 cm³/mol. The molecule has 1 aliphatic heterocycles. The molecule has 7 nitrogen and oxygen atoms in total. The SMILES string of the molecule is CCOC(=O)C[C@H](CCO[Si](c1ccccc1)(c1ccccc1)C(C)(C)C)[C@]1(C(=O)OC)N=C(c2ccccc2)O[C@H]1C. The Hall–Kier alpha value is -3.75. The topological polar surface area (TPSA) is 83.4 Å². The fourth-order valence-corrected chi connectivity index (χ4v) is 10.8. The van der Waals surface area contributed by atoms with Gasteiger partial charge in [-0.15, -0.1) is 0 Å². The van der Waals surface area contributed by atoms with Gasteiger partial charge in [-0.3, -0.25) is 4.79 Å². The summed E-state index contributed by atoms with van der Waals surface area (Å²) in [6.07, 6.45) is -0.355. The monoisotopic (exact) mass is 601 g/mol. The van der Waals surface area contributed by atoms with E-state index in [-0.39, 0.29) is 18.1 Å². The van der Waals surface area contributed by atoms with Crippen LogP contribution in [0.15, 0.2) is 96.0 Å². The molecule has 0 unspecified atom stereocenters. The van der Waals surface area contributed by atoms with Crippen LogP contribution in [0.2, 0.25) is 5.04 Å². The van der Waals surface area contributed by atoms with E-state index < -0.39 is 37.8 Å². The molecule has 0 N–H and O–H groups in total. The molecule has 0 amide bonds. The van der Waals surface area contributed by atoms with Crippen molar-refractivity contribution >= 4 is 36.5 Å². The van der Waals surface area contributed by atoms with E-state index in [9.17, 15) is 9.59 Å². The smallest absolute Gasteiger partial charge is 0.338 e. The molecule has 228 valence electrons. The number of rotatable bonds is 12. The molecular weight excluding hydrogens is 558 g/mol. The maximum Gasteiger partial charge on any atom is 0.338 e. The number of benzene rings is 3. The van der Waals surface area contributed by atoms with Crippen LogP contribution >= 0.6 is 0 Å². The Morgan fingerprint density at radius 3 is 1.95 bits per heavy atom. The number of methoxy groups -OCH3 is 1. The summed E-state index contributed by atoms with van der Waals surface area (Å²) in [5.41, 5.74) is -0.708. The molecule has 0 radical (unpaired) electrons. The summed E-state index contributed by atoms with van der Waals surface area (Å²) >= 11 is 0. The lowest BCUT2D eigenvalue weighted by atomic mass is 9.76. The maximum absolute atomic E-state index is 13.7. The van der Waals surface area contributed by atoms with Gasteiger partial charge in [-0.05, 0) is 47.8 Å². The van der Waals surface area contributed by atoms with Crippen molar-refractivity contribution in [1.29, 1.82) is 0 Å². The third-order valence-electron chi connectivity index (χ3n) is 8.27. The van der Waals surface area contributed by atoms with Crippen LogP contribution in [0.1, 0.15) is 53.0 Å². The molecule has 0 aliphatic carbocycles. The molecule has 1 aliphatic rings. The van der Waals surface area contributed by atoms with Crippen molar-refractivity contribution in [2.75, 3.05) is 20.3 Å². The highest BCUT2D eigenvalue weighted by Gasteiger charge is 2.57. The Balaban J connectivity index is 1.77. The summed E-state index contributed by atoms with van der Waals surface area (Å²) in [6.45, 7) is 10.7. The second kappa shape index (κ2) is 13.7. The molecule has 8 heteroatoms. The van der Waals surface area contributed by atoms with Gasteiger partial charge < -0.3 is 18.6 Å². The van der Waals surface area contributed by atoms with Crippen LogP contribution in [0.4, 0.5) is 0 Å². The number of hydrogen-bond donors (Lipinski definition) is 0. The van der Waals surface area contributed by atoms with Crippen LogP contribution in [-0.2, 0) is 28.2 Å². The molecule has 0 saturated heterocycles. The second-order valence-electron chi connectivity index (χ2n) is 11.9. The van der Waals surface area contributed by atoms with Crippen molar-refractivity contribution in [2.45, 2.75) is 64.1 Å². The van der Waals surface area contributed by atoms with Gasteiger partial charge in [0.1, 0.15) is 6.10 Å². The number of ether oxygens (including phenoxy) is 3. The second-order valence-corrected chi connectivity index (χ2v) is 16.2. The fraction of sp³-hybridized carbons (Fsp3) is 0.400. The molecule has 0 fully saturated rings. The minimum absolute atomic E-state index is 0.0354. The van der Waals surface area contributed by atoms with Gasteiger partial charge >= 0.3 is 11.9 Å². The maximum atomic E-state index is 13.7. The summed E-state index contributed by atoms with van der Waals surface area (Å²) in [7, 11) is -1.51. The molecule has 3 atom stereocenters. The van der Waals surface area contributed by atoms with Gasteiger partial charge in [0.25, 0.3) is 8.32 Å². The molecule has 43 heavy (non-hydrogen) atoms. The van der Waals surface area contributed by atoms with Crippen LogP contribution in [0.5, 0.6) is 0 Å². The van der Waals surface area contributed by atoms with E-state index in [1.807, 2.05) is 66.7 Å². The average Bonchev–Trinajstić information content (AvgIpc) is 3.37. The quantitative estimate of drug-likeness (QED) is 0.207. The van der Waals surface area contributed by atoms with Crippen LogP contribution in [0.3, 0.4) is 0 Å². The van der Waals surface area contributed by atoms with Gasteiger partial charge in [-0.1, -0.05) is 99.6 Å². The lowest BCUT2D eigenvalue weighted by Crippen LogP contribution is -2.66. The Morgan fingerprint density at radius 2 is 1.47 bits per heavy atom. The predicted octanol–water partition coefficient (Wildman–Crippen LogP) is 5.30. The zero-order valence-electron chi connectivity index (χ0n) is 26.0. The average molecular weight is 602 g/mol. The summed E-state index contributed by atoms with van der Waals surface area (Å²) in [5.74, 6) is -1.21. The van der Waals surface area contributed by atoms with E-state index in [4.69, 9.17) is 23.6 Å². The highest BCUT2D eigenvalue weighted by Crippen LogP contribution is 2.41. The summed E-state index contributed by atoms with van der Waals surface area (Å²) in [5, 5.41) is 2.08. The van der Waals surface area contributed by atoms with Crippen molar-refractivity contribution in [2.24, 2.45) is 10.9 Å². The van der Waals surface area contributed by atoms with Gasteiger partial charge in [-0.2, -0.15) is 0 Å². The Morgan fingerprint density at radius 1 is 0.930 bits per heavy atom. The summed E-state index contributed by atoms with van der Waals surface area (Å²) < 4.78 is 24.1. The van der Waals surface area contributed by atoms with Gasteiger partial charge in [0, 0.05) is 18.1 Å². The number of esters is 2. The van der Waals surface area contributed by atoms with E-state index >= 15 is 0 Å². The molecule has 0 saturated carbocycles. The van der Waals surface area contributed by atoms with Gasteiger partial charge in [0.05, 0.1) is 20.1 Å². The first kappa shape index (κ1) is 32.2. The lowest BCUT2D eigenvalue weighted by molar-refractivity contribution is -0.155. The van der Waals surface area contributed by atoms with Gasteiger partial charge in [0.2, 0.25) is 11.4 Å². The largest absolute Gasteiger partial charge is 0.471 e. The fourth-order valence-electron chi connectivity index (χ4n) is 6.24. The molecule has 3 aromatic carbocycles. The molecular formula is C35H43NO6Si. The summed E-state index contributed by atoms with van der Waals surface area (Å²) in [6, 6.07) is 30.2. The van der Waals surface area contributed by atoms with Crippen LogP contribution in [-0.4, -0.2) is 58.1 Å². The Kier molecular flexibility index (Phi) is 10.2.